The molecule has 13 heavy (non-hydrogen) atoms. The average Bonchev–Trinajstić information content (AvgIpc) is 2.26. The van der Waals surface area contributed by atoms with Gasteiger partial charge in [0.05, 0.1) is 0 Å². The van der Waals surface area contributed by atoms with Crippen LogP contribution in [0, 0.1) is 0 Å². The van der Waals surface area contributed by atoms with E-state index in [1.54, 1.807) is 30.4 Å². The lowest BCUT2D eigenvalue weighted by Gasteiger charge is -1.82. The first kappa shape index (κ1) is 9.26. The first-order valence-electron chi connectivity index (χ1n) is 3.86. The Morgan fingerprint density at radius 3 is 2.85 bits per heavy atom. The molecule has 0 fully saturated rings. The van der Waals surface area contributed by atoms with Gasteiger partial charge in [-0.15, -0.1) is 0 Å². The lowest BCUT2D eigenvalue weighted by atomic mass is 10.2. The van der Waals surface area contributed by atoms with Gasteiger partial charge in [0.25, 0.3) is 0 Å². The standard InChI is InChI=1S/C11H10O2/c1-2-3-5-9-6-4-7-10(12)11(13)8-9/h2-8H,1H2,(H,12,13)/b5-3+. The summed E-state index contributed by atoms with van der Waals surface area (Å²) >= 11 is 0. The van der Waals surface area contributed by atoms with Gasteiger partial charge in [-0.05, 0) is 17.7 Å². The highest BCUT2D eigenvalue weighted by Gasteiger charge is 1.91. The molecule has 0 bridgehead atoms. The summed E-state index contributed by atoms with van der Waals surface area (Å²) < 4.78 is 0. The molecule has 0 unspecified atom stereocenters. The Balaban J connectivity index is 3.21. The molecule has 1 aromatic carbocycles. The molecule has 0 atom stereocenters. The summed E-state index contributed by atoms with van der Waals surface area (Å²) in [6.07, 6.45) is 5.09. The molecule has 66 valence electrons. The van der Waals surface area contributed by atoms with E-state index in [9.17, 15) is 4.79 Å². The van der Waals surface area contributed by atoms with E-state index >= 15 is 0 Å². The Kier molecular flexibility index (Phi) is 3.03. The summed E-state index contributed by atoms with van der Waals surface area (Å²) in [4.78, 5) is 11.1. The molecule has 2 heteroatoms. The van der Waals surface area contributed by atoms with Gasteiger partial charge in [0.2, 0.25) is 5.43 Å². The number of allylic oxidation sites excluding steroid dienone is 2. The second kappa shape index (κ2) is 4.26. The van der Waals surface area contributed by atoms with Crippen LogP contribution >= 0.6 is 0 Å². The van der Waals surface area contributed by atoms with Crippen LogP contribution in [-0.2, 0) is 0 Å². The van der Waals surface area contributed by atoms with Gasteiger partial charge >= 0.3 is 0 Å². The van der Waals surface area contributed by atoms with Crippen molar-refractivity contribution < 1.29 is 5.11 Å². The van der Waals surface area contributed by atoms with Gasteiger partial charge in [-0.25, -0.2) is 0 Å². The van der Waals surface area contributed by atoms with Crippen molar-refractivity contribution in [1.82, 2.24) is 0 Å². The molecular weight excluding hydrogens is 164 g/mol. The molecule has 0 aromatic heterocycles. The van der Waals surface area contributed by atoms with Gasteiger partial charge in [-0.2, -0.15) is 0 Å². The summed E-state index contributed by atoms with van der Waals surface area (Å²) in [5.74, 6) is -0.238. The maximum absolute atomic E-state index is 11.1. The fourth-order valence-corrected chi connectivity index (χ4v) is 0.889. The third-order valence-corrected chi connectivity index (χ3v) is 1.52. The first-order chi connectivity index (χ1) is 6.24. The highest BCUT2D eigenvalue weighted by Crippen LogP contribution is 2.02. The summed E-state index contributed by atoms with van der Waals surface area (Å²) in [7, 11) is 0. The van der Waals surface area contributed by atoms with Crippen molar-refractivity contribution in [2.24, 2.45) is 0 Å². The molecular formula is C11H10O2. The zero-order chi connectivity index (χ0) is 9.68. The normalized spacial score (nSPS) is 10.2. The minimum Gasteiger partial charge on any atom is -0.504 e. The van der Waals surface area contributed by atoms with Crippen LogP contribution in [0.15, 0.2) is 47.8 Å². The van der Waals surface area contributed by atoms with Crippen molar-refractivity contribution in [2.45, 2.75) is 0 Å². The maximum Gasteiger partial charge on any atom is 0.220 e. The zero-order valence-corrected chi connectivity index (χ0v) is 7.10. The minimum atomic E-state index is -0.381. The lowest BCUT2D eigenvalue weighted by Crippen LogP contribution is -1.93. The van der Waals surface area contributed by atoms with Crippen molar-refractivity contribution in [3.05, 3.63) is 58.8 Å². The molecule has 0 radical (unpaired) electrons. The summed E-state index contributed by atoms with van der Waals surface area (Å²) in [6.45, 7) is 3.52. The molecule has 0 heterocycles. The van der Waals surface area contributed by atoms with Crippen LogP contribution in [0.2, 0.25) is 0 Å². The summed E-state index contributed by atoms with van der Waals surface area (Å²) in [5, 5.41) is 9.07. The van der Waals surface area contributed by atoms with E-state index in [0.29, 0.717) is 0 Å². The Labute approximate surface area is 76.5 Å². The van der Waals surface area contributed by atoms with Crippen LogP contribution in [0.4, 0.5) is 0 Å². The Bertz CT molecular complexity index is 392. The maximum atomic E-state index is 11.1. The molecule has 0 spiro atoms. The largest absolute Gasteiger partial charge is 0.504 e. The monoisotopic (exact) mass is 174 g/mol. The first-order valence-corrected chi connectivity index (χ1v) is 3.86. The van der Waals surface area contributed by atoms with Crippen LogP contribution < -0.4 is 5.43 Å². The van der Waals surface area contributed by atoms with E-state index in [1.807, 2.05) is 0 Å². The summed E-state index contributed by atoms with van der Waals surface area (Å²) in [5.41, 5.74) is 0.360. The molecule has 0 saturated heterocycles. The predicted molar refractivity (Wildman–Crippen MR) is 53.6 cm³/mol. The molecule has 0 saturated carbocycles. The van der Waals surface area contributed by atoms with Crippen LogP contribution in [0.25, 0.3) is 6.08 Å². The molecule has 2 nitrogen and oxygen atoms in total. The molecule has 0 aliphatic heterocycles. The smallest absolute Gasteiger partial charge is 0.220 e. The SMILES string of the molecule is C=C/C=C/c1cccc(O)c(=O)c1. The van der Waals surface area contributed by atoms with Gasteiger partial charge in [0, 0.05) is 0 Å². The second-order valence-corrected chi connectivity index (χ2v) is 2.51. The number of hydrogen-bond donors (Lipinski definition) is 1. The highest BCUT2D eigenvalue weighted by molar-refractivity contribution is 5.50. The van der Waals surface area contributed by atoms with Gasteiger partial charge in [-0.1, -0.05) is 36.9 Å². The lowest BCUT2D eigenvalue weighted by molar-refractivity contribution is 0.471. The minimum absolute atomic E-state index is 0.238. The van der Waals surface area contributed by atoms with Crippen molar-refractivity contribution >= 4 is 6.08 Å². The summed E-state index contributed by atoms with van der Waals surface area (Å²) in [6, 6.07) is 6.10. The molecule has 0 aliphatic carbocycles. The topological polar surface area (TPSA) is 37.3 Å². The molecule has 0 amide bonds. The van der Waals surface area contributed by atoms with Gasteiger partial charge in [-0.3, -0.25) is 4.79 Å². The predicted octanol–water partition coefficient (Wildman–Crippen LogP) is 1.95. The molecule has 1 aromatic rings. The van der Waals surface area contributed by atoms with E-state index in [1.165, 1.54) is 12.1 Å². The van der Waals surface area contributed by atoms with Gasteiger partial charge < -0.3 is 5.11 Å². The van der Waals surface area contributed by atoms with Crippen LogP contribution in [0.5, 0.6) is 5.75 Å². The third kappa shape index (κ3) is 2.60. The van der Waals surface area contributed by atoms with E-state index < -0.39 is 0 Å². The van der Waals surface area contributed by atoms with Crippen molar-refractivity contribution in [3.63, 3.8) is 0 Å². The fraction of sp³-hybridized carbons (Fsp3) is 0. The van der Waals surface area contributed by atoms with Crippen LogP contribution in [0.3, 0.4) is 0 Å². The number of rotatable bonds is 2. The Morgan fingerprint density at radius 1 is 1.38 bits per heavy atom. The average molecular weight is 174 g/mol. The Hall–Kier alpha value is -1.83. The second-order valence-electron chi connectivity index (χ2n) is 2.51. The number of aromatic hydroxyl groups is 1. The van der Waals surface area contributed by atoms with Gasteiger partial charge in [0.15, 0.2) is 5.75 Å². The Morgan fingerprint density at radius 2 is 2.15 bits per heavy atom. The van der Waals surface area contributed by atoms with Crippen LogP contribution in [0.1, 0.15) is 5.56 Å². The molecule has 1 rings (SSSR count). The quantitative estimate of drug-likeness (QED) is 0.696. The van der Waals surface area contributed by atoms with Gasteiger partial charge in [0.1, 0.15) is 0 Å². The van der Waals surface area contributed by atoms with E-state index in [-0.39, 0.29) is 11.2 Å². The highest BCUT2D eigenvalue weighted by atomic mass is 16.3. The van der Waals surface area contributed by atoms with E-state index in [0.717, 1.165) is 5.56 Å². The van der Waals surface area contributed by atoms with Crippen molar-refractivity contribution in [3.8, 4) is 5.75 Å². The number of hydrogen-bond acceptors (Lipinski definition) is 2. The third-order valence-electron chi connectivity index (χ3n) is 1.52. The van der Waals surface area contributed by atoms with Crippen LogP contribution in [-0.4, -0.2) is 5.11 Å². The fourth-order valence-electron chi connectivity index (χ4n) is 0.889. The van der Waals surface area contributed by atoms with Crippen molar-refractivity contribution in [2.75, 3.05) is 0 Å². The van der Waals surface area contributed by atoms with Crippen molar-refractivity contribution in [1.29, 1.82) is 0 Å². The van der Waals surface area contributed by atoms with E-state index in [2.05, 4.69) is 6.58 Å². The molecule has 0 aliphatic rings. The molecule has 1 N–H and O–H groups in total. The van der Waals surface area contributed by atoms with E-state index in [4.69, 9.17) is 5.11 Å². The zero-order valence-electron chi connectivity index (χ0n) is 7.10.